The van der Waals surface area contributed by atoms with Gasteiger partial charge in [0.25, 0.3) is 0 Å². The zero-order valence-corrected chi connectivity index (χ0v) is 9.39. The molecule has 0 aliphatic carbocycles. The van der Waals surface area contributed by atoms with Gasteiger partial charge >= 0.3 is 0 Å². The number of hydrogen-bond donors (Lipinski definition) is 2. The molecule has 1 fully saturated rings. The van der Waals surface area contributed by atoms with Crippen molar-refractivity contribution in [1.82, 2.24) is 4.98 Å². The number of rotatable bonds is 2. The number of aliphatic hydroxyl groups excluding tert-OH is 1. The molecule has 0 aromatic carbocycles. The van der Waals surface area contributed by atoms with E-state index in [1.807, 2.05) is 24.0 Å². The average Bonchev–Trinajstić information content (AvgIpc) is 2.32. The molecule has 0 amide bonds. The molecule has 16 heavy (non-hydrogen) atoms. The van der Waals surface area contributed by atoms with Gasteiger partial charge in [0.2, 0.25) is 0 Å². The highest BCUT2D eigenvalue weighted by molar-refractivity contribution is 5.63. The average molecular weight is 223 g/mol. The van der Waals surface area contributed by atoms with Crippen LogP contribution in [0.1, 0.15) is 5.69 Å². The molecule has 2 rings (SSSR count). The predicted octanol–water partition coefficient (Wildman–Crippen LogP) is 0.170. The van der Waals surface area contributed by atoms with Gasteiger partial charge in [-0.15, -0.1) is 0 Å². The lowest BCUT2D eigenvalue weighted by Gasteiger charge is -2.36. The smallest absolute Gasteiger partial charge is 0.152 e. The quantitative estimate of drug-likeness (QED) is 0.748. The topological polar surface area (TPSA) is 71.6 Å². The first-order valence-corrected chi connectivity index (χ1v) is 5.40. The summed E-state index contributed by atoms with van der Waals surface area (Å²) in [6.45, 7) is 3.86. The molecular formula is C11H17N3O2. The number of aliphatic hydroxyl groups is 1. The van der Waals surface area contributed by atoms with Gasteiger partial charge in [-0.1, -0.05) is 0 Å². The first-order chi connectivity index (χ1) is 7.72. The minimum atomic E-state index is -0.0506. The number of nitrogen functional groups attached to an aromatic ring is 1. The summed E-state index contributed by atoms with van der Waals surface area (Å²) < 4.78 is 5.32. The minimum Gasteiger partial charge on any atom is -0.396 e. The van der Waals surface area contributed by atoms with Gasteiger partial charge in [-0.05, 0) is 19.1 Å². The SMILES string of the molecule is Cc1ccc(N)c(N2CCOCC2CO)n1. The second kappa shape index (κ2) is 4.67. The maximum absolute atomic E-state index is 9.29. The highest BCUT2D eigenvalue weighted by Crippen LogP contribution is 2.24. The number of anilines is 2. The van der Waals surface area contributed by atoms with Crippen LogP contribution >= 0.6 is 0 Å². The molecule has 0 bridgehead atoms. The van der Waals surface area contributed by atoms with E-state index in [0.717, 1.165) is 11.5 Å². The van der Waals surface area contributed by atoms with Crippen molar-refractivity contribution < 1.29 is 9.84 Å². The lowest BCUT2D eigenvalue weighted by Crippen LogP contribution is -2.48. The molecule has 1 saturated heterocycles. The Balaban J connectivity index is 2.30. The molecule has 3 N–H and O–H groups in total. The summed E-state index contributed by atoms with van der Waals surface area (Å²) >= 11 is 0. The fourth-order valence-corrected chi connectivity index (χ4v) is 1.87. The lowest BCUT2D eigenvalue weighted by molar-refractivity contribution is 0.0723. The molecule has 1 aromatic rings. The third-order valence-corrected chi connectivity index (χ3v) is 2.75. The van der Waals surface area contributed by atoms with Crippen molar-refractivity contribution in [3.05, 3.63) is 17.8 Å². The third-order valence-electron chi connectivity index (χ3n) is 2.75. The summed E-state index contributed by atoms with van der Waals surface area (Å²) in [4.78, 5) is 6.45. The maximum Gasteiger partial charge on any atom is 0.152 e. The Morgan fingerprint density at radius 3 is 3.19 bits per heavy atom. The molecule has 5 heteroatoms. The Morgan fingerprint density at radius 2 is 2.44 bits per heavy atom. The molecular weight excluding hydrogens is 206 g/mol. The van der Waals surface area contributed by atoms with E-state index in [0.29, 0.717) is 25.4 Å². The highest BCUT2D eigenvalue weighted by Gasteiger charge is 2.24. The Kier molecular flexibility index (Phi) is 3.26. The number of nitrogens with zero attached hydrogens (tertiary/aromatic N) is 2. The van der Waals surface area contributed by atoms with E-state index >= 15 is 0 Å². The fraction of sp³-hybridized carbons (Fsp3) is 0.545. The van der Waals surface area contributed by atoms with Gasteiger partial charge in [-0.2, -0.15) is 0 Å². The van der Waals surface area contributed by atoms with Gasteiger partial charge in [0.15, 0.2) is 5.82 Å². The zero-order chi connectivity index (χ0) is 11.5. The lowest BCUT2D eigenvalue weighted by atomic mass is 10.2. The summed E-state index contributed by atoms with van der Waals surface area (Å²) in [5.41, 5.74) is 7.48. The van der Waals surface area contributed by atoms with Crippen LogP contribution in [-0.2, 0) is 4.74 Å². The first-order valence-electron chi connectivity index (χ1n) is 5.40. The Hall–Kier alpha value is -1.33. The van der Waals surface area contributed by atoms with Crippen LogP contribution in [-0.4, -0.2) is 42.5 Å². The van der Waals surface area contributed by atoms with Gasteiger partial charge < -0.3 is 20.5 Å². The molecule has 1 aliphatic rings. The van der Waals surface area contributed by atoms with Crippen LogP contribution in [0, 0.1) is 6.92 Å². The number of aryl methyl sites for hydroxylation is 1. The van der Waals surface area contributed by atoms with Crippen molar-refractivity contribution in [1.29, 1.82) is 0 Å². The van der Waals surface area contributed by atoms with Crippen LogP contribution in [0.25, 0.3) is 0 Å². The molecule has 0 spiro atoms. The first kappa shape index (κ1) is 11.2. The van der Waals surface area contributed by atoms with Gasteiger partial charge in [-0.3, -0.25) is 0 Å². The monoisotopic (exact) mass is 223 g/mol. The molecule has 5 nitrogen and oxygen atoms in total. The van der Waals surface area contributed by atoms with Crippen LogP contribution in [0.3, 0.4) is 0 Å². The molecule has 2 heterocycles. The minimum absolute atomic E-state index is 0.0506. The van der Waals surface area contributed by atoms with E-state index in [9.17, 15) is 5.11 Å². The van der Waals surface area contributed by atoms with Gasteiger partial charge in [0, 0.05) is 12.2 Å². The largest absolute Gasteiger partial charge is 0.396 e. The van der Waals surface area contributed by atoms with Crippen LogP contribution in [0.2, 0.25) is 0 Å². The Morgan fingerprint density at radius 1 is 1.62 bits per heavy atom. The number of morpholine rings is 1. The molecule has 0 saturated carbocycles. The van der Waals surface area contributed by atoms with Gasteiger partial charge in [0.1, 0.15) is 0 Å². The summed E-state index contributed by atoms with van der Waals surface area (Å²) in [7, 11) is 0. The standard InChI is InChI=1S/C11H17N3O2/c1-8-2-3-10(12)11(13-8)14-4-5-16-7-9(14)6-15/h2-3,9,15H,4-7,12H2,1H3. The number of nitrogens with two attached hydrogens (primary N) is 1. The van der Waals surface area contributed by atoms with Crippen molar-refractivity contribution in [2.75, 3.05) is 37.0 Å². The van der Waals surface area contributed by atoms with Crippen LogP contribution in [0.5, 0.6) is 0 Å². The summed E-state index contributed by atoms with van der Waals surface area (Å²) in [6, 6.07) is 3.68. The number of ether oxygens (including phenoxy) is 1. The van der Waals surface area contributed by atoms with Crippen molar-refractivity contribution in [2.45, 2.75) is 13.0 Å². The number of hydrogen-bond acceptors (Lipinski definition) is 5. The Labute approximate surface area is 94.8 Å². The van der Waals surface area contributed by atoms with Crippen molar-refractivity contribution in [2.24, 2.45) is 0 Å². The van der Waals surface area contributed by atoms with E-state index in [1.165, 1.54) is 0 Å². The molecule has 0 radical (unpaired) electrons. The highest BCUT2D eigenvalue weighted by atomic mass is 16.5. The van der Waals surface area contributed by atoms with Crippen molar-refractivity contribution >= 4 is 11.5 Å². The van der Waals surface area contributed by atoms with Crippen molar-refractivity contribution in [3.8, 4) is 0 Å². The molecule has 1 unspecified atom stereocenters. The number of pyridine rings is 1. The van der Waals surface area contributed by atoms with Crippen LogP contribution in [0.15, 0.2) is 12.1 Å². The predicted molar refractivity (Wildman–Crippen MR) is 62.4 cm³/mol. The molecule has 1 aliphatic heterocycles. The third kappa shape index (κ3) is 2.10. The van der Waals surface area contributed by atoms with E-state index in [-0.39, 0.29) is 12.6 Å². The Bertz CT molecular complexity index is 370. The van der Waals surface area contributed by atoms with E-state index in [4.69, 9.17) is 10.5 Å². The number of aromatic nitrogens is 1. The van der Waals surface area contributed by atoms with Gasteiger partial charge in [0.05, 0.1) is 31.5 Å². The van der Waals surface area contributed by atoms with Crippen LogP contribution in [0.4, 0.5) is 11.5 Å². The van der Waals surface area contributed by atoms with Gasteiger partial charge in [-0.25, -0.2) is 4.98 Å². The summed E-state index contributed by atoms with van der Waals surface area (Å²) in [5, 5.41) is 9.29. The molecule has 1 aromatic heterocycles. The maximum atomic E-state index is 9.29. The second-order valence-corrected chi connectivity index (χ2v) is 3.97. The zero-order valence-electron chi connectivity index (χ0n) is 9.39. The van der Waals surface area contributed by atoms with Crippen molar-refractivity contribution in [3.63, 3.8) is 0 Å². The summed E-state index contributed by atoms with van der Waals surface area (Å²) in [6.07, 6.45) is 0. The summed E-state index contributed by atoms with van der Waals surface area (Å²) in [5.74, 6) is 0.752. The van der Waals surface area contributed by atoms with Crippen LogP contribution < -0.4 is 10.6 Å². The molecule has 1 atom stereocenters. The van der Waals surface area contributed by atoms with E-state index < -0.39 is 0 Å². The molecule has 88 valence electrons. The van der Waals surface area contributed by atoms with E-state index in [1.54, 1.807) is 0 Å². The van der Waals surface area contributed by atoms with E-state index in [2.05, 4.69) is 4.98 Å². The normalized spacial score (nSPS) is 21.1. The fourth-order valence-electron chi connectivity index (χ4n) is 1.87. The second-order valence-electron chi connectivity index (χ2n) is 3.97.